The monoisotopic (exact) mass is 382 g/mol. The molecule has 8 heteroatoms. The number of hydrogen-bond donors (Lipinski definition) is 2. The molecule has 1 aliphatic rings. The van der Waals surface area contributed by atoms with Crippen LogP contribution in [0.1, 0.15) is 21.9 Å². The van der Waals surface area contributed by atoms with Gasteiger partial charge < -0.3 is 19.3 Å². The van der Waals surface area contributed by atoms with Gasteiger partial charge in [0.25, 0.3) is 5.91 Å². The van der Waals surface area contributed by atoms with Gasteiger partial charge in [0.15, 0.2) is 0 Å². The summed E-state index contributed by atoms with van der Waals surface area (Å²) in [5, 5.41) is 14.0. The zero-order valence-electron chi connectivity index (χ0n) is 15.8. The molecule has 146 valence electrons. The second-order valence-electron chi connectivity index (χ2n) is 6.91. The minimum atomic E-state index is -0.207. The average Bonchev–Trinajstić information content (AvgIpc) is 3.44. The summed E-state index contributed by atoms with van der Waals surface area (Å²) < 4.78 is 16.0. The number of aromatic amines is 1. The zero-order chi connectivity index (χ0) is 19.5. The normalized spacial score (nSPS) is 18.9. The highest BCUT2D eigenvalue weighted by Gasteiger charge is 2.31. The van der Waals surface area contributed by atoms with E-state index in [0.717, 1.165) is 22.8 Å². The van der Waals surface area contributed by atoms with Crippen molar-refractivity contribution in [1.29, 1.82) is 0 Å². The summed E-state index contributed by atoms with van der Waals surface area (Å²) in [5.74, 6) is 1.50. The Morgan fingerprint density at radius 2 is 2.11 bits per heavy atom. The SMILES string of the molecule is COc1ccc(-c2cc(C(=O)N[C@H]3COC[C@H]3Cc3cc(C)no3)[nH]n2)cc1. The summed E-state index contributed by atoms with van der Waals surface area (Å²) in [5.41, 5.74) is 2.85. The van der Waals surface area contributed by atoms with E-state index >= 15 is 0 Å². The smallest absolute Gasteiger partial charge is 0.269 e. The Bertz CT molecular complexity index is 947. The van der Waals surface area contributed by atoms with E-state index in [1.54, 1.807) is 13.2 Å². The number of ether oxygens (including phenoxy) is 2. The molecule has 3 aromatic rings. The standard InChI is InChI=1S/C20H22N4O4/c1-12-7-16(28-24-12)8-14-10-27-11-19(14)21-20(25)18-9-17(22-23-18)13-3-5-15(26-2)6-4-13/h3-7,9,14,19H,8,10-11H2,1-2H3,(H,21,25)(H,22,23)/t14-,19+/m1/s1. The molecule has 1 aliphatic heterocycles. The van der Waals surface area contributed by atoms with Crippen LogP contribution in [0.25, 0.3) is 11.3 Å². The van der Waals surface area contributed by atoms with E-state index in [2.05, 4.69) is 20.7 Å². The third kappa shape index (κ3) is 3.91. The lowest BCUT2D eigenvalue weighted by atomic mass is 9.98. The zero-order valence-corrected chi connectivity index (χ0v) is 15.8. The maximum absolute atomic E-state index is 12.7. The minimum absolute atomic E-state index is 0.0920. The Morgan fingerprint density at radius 3 is 2.82 bits per heavy atom. The van der Waals surface area contributed by atoms with Crippen LogP contribution >= 0.6 is 0 Å². The molecule has 1 amide bonds. The highest BCUT2D eigenvalue weighted by molar-refractivity contribution is 5.93. The number of carbonyl (C=O) groups excluding carboxylic acids is 1. The van der Waals surface area contributed by atoms with E-state index in [4.69, 9.17) is 14.0 Å². The second kappa shape index (κ2) is 7.85. The van der Waals surface area contributed by atoms with Crippen LogP contribution in [0.5, 0.6) is 5.75 Å². The van der Waals surface area contributed by atoms with Gasteiger partial charge in [0.05, 0.1) is 37.8 Å². The fourth-order valence-electron chi connectivity index (χ4n) is 3.32. The number of carbonyl (C=O) groups is 1. The number of hydrogen-bond acceptors (Lipinski definition) is 6. The van der Waals surface area contributed by atoms with E-state index < -0.39 is 0 Å². The Labute approximate surface area is 162 Å². The van der Waals surface area contributed by atoms with Crippen molar-refractivity contribution in [3.63, 3.8) is 0 Å². The summed E-state index contributed by atoms with van der Waals surface area (Å²) >= 11 is 0. The molecule has 0 spiro atoms. The topological polar surface area (TPSA) is 102 Å². The molecule has 28 heavy (non-hydrogen) atoms. The molecule has 4 rings (SSSR count). The number of methoxy groups -OCH3 is 1. The number of H-pyrrole nitrogens is 1. The van der Waals surface area contributed by atoms with Crippen LogP contribution in [-0.4, -0.2) is 47.6 Å². The molecular formula is C20H22N4O4. The predicted molar refractivity (Wildman–Crippen MR) is 101 cm³/mol. The Hall–Kier alpha value is -3.13. The number of nitrogens with zero attached hydrogens (tertiary/aromatic N) is 2. The van der Waals surface area contributed by atoms with Crippen molar-refractivity contribution in [3.05, 3.63) is 53.5 Å². The maximum atomic E-state index is 12.7. The molecule has 0 unspecified atom stereocenters. The Morgan fingerprint density at radius 1 is 1.29 bits per heavy atom. The first-order valence-corrected chi connectivity index (χ1v) is 9.13. The minimum Gasteiger partial charge on any atom is -0.497 e. The van der Waals surface area contributed by atoms with E-state index in [9.17, 15) is 4.79 Å². The highest BCUT2D eigenvalue weighted by Crippen LogP contribution is 2.22. The van der Waals surface area contributed by atoms with Gasteiger partial charge in [0.1, 0.15) is 17.2 Å². The largest absolute Gasteiger partial charge is 0.497 e. The van der Waals surface area contributed by atoms with Crippen molar-refractivity contribution in [3.8, 4) is 17.0 Å². The first kappa shape index (κ1) is 18.2. The summed E-state index contributed by atoms with van der Waals surface area (Å²) in [6.07, 6.45) is 0.672. The molecule has 1 saturated heterocycles. The molecule has 0 aliphatic carbocycles. The number of nitrogens with one attached hydrogen (secondary N) is 2. The van der Waals surface area contributed by atoms with Crippen molar-refractivity contribution < 1.29 is 18.8 Å². The van der Waals surface area contributed by atoms with Crippen LogP contribution in [0.2, 0.25) is 0 Å². The lowest BCUT2D eigenvalue weighted by molar-refractivity contribution is 0.0919. The Kier molecular flexibility index (Phi) is 5.12. The summed E-state index contributed by atoms with van der Waals surface area (Å²) in [6.45, 7) is 2.93. The summed E-state index contributed by atoms with van der Waals surface area (Å²) in [6, 6.07) is 11.1. The molecule has 2 aromatic heterocycles. The molecule has 8 nitrogen and oxygen atoms in total. The van der Waals surface area contributed by atoms with Gasteiger partial charge in [0.2, 0.25) is 0 Å². The summed E-state index contributed by atoms with van der Waals surface area (Å²) in [7, 11) is 1.62. The van der Waals surface area contributed by atoms with Crippen LogP contribution < -0.4 is 10.1 Å². The third-order valence-corrected chi connectivity index (χ3v) is 4.86. The second-order valence-corrected chi connectivity index (χ2v) is 6.91. The lowest BCUT2D eigenvalue weighted by Gasteiger charge is -2.17. The van der Waals surface area contributed by atoms with E-state index in [1.165, 1.54) is 0 Å². The van der Waals surface area contributed by atoms with E-state index in [1.807, 2.05) is 37.3 Å². The molecular weight excluding hydrogens is 360 g/mol. The third-order valence-electron chi connectivity index (χ3n) is 4.86. The summed E-state index contributed by atoms with van der Waals surface area (Å²) in [4.78, 5) is 12.7. The molecule has 2 N–H and O–H groups in total. The Balaban J connectivity index is 1.41. The molecule has 0 radical (unpaired) electrons. The van der Waals surface area contributed by atoms with E-state index in [-0.39, 0.29) is 17.9 Å². The first-order valence-electron chi connectivity index (χ1n) is 9.13. The fraction of sp³-hybridized carbons (Fsp3) is 0.350. The van der Waals surface area contributed by atoms with Gasteiger partial charge in [-0.3, -0.25) is 9.89 Å². The highest BCUT2D eigenvalue weighted by atomic mass is 16.5. The molecule has 1 aromatic carbocycles. The van der Waals surface area contributed by atoms with Crippen LogP contribution in [0.3, 0.4) is 0 Å². The van der Waals surface area contributed by atoms with Crippen molar-refractivity contribution in [2.75, 3.05) is 20.3 Å². The van der Waals surface area contributed by atoms with Gasteiger partial charge in [-0.2, -0.15) is 5.10 Å². The number of aromatic nitrogens is 3. The van der Waals surface area contributed by atoms with Gasteiger partial charge in [0, 0.05) is 24.0 Å². The lowest BCUT2D eigenvalue weighted by Crippen LogP contribution is -2.40. The maximum Gasteiger partial charge on any atom is 0.269 e. The molecule has 2 atom stereocenters. The van der Waals surface area contributed by atoms with Gasteiger partial charge in [-0.25, -0.2) is 0 Å². The molecule has 0 bridgehead atoms. The number of aryl methyl sites for hydroxylation is 1. The quantitative estimate of drug-likeness (QED) is 0.679. The number of amides is 1. The van der Waals surface area contributed by atoms with Crippen molar-refractivity contribution in [2.45, 2.75) is 19.4 Å². The first-order chi connectivity index (χ1) is 13.6. The van der Waals surface area contributed by atoms with Crippen molar-refractivity contribution in [2.24, 2.45) is 5.92 Å². The predicted octanol–water partition coefficient (Wildman–Crippen LogP) is 2.37. The molecule has 1 fully saturated rings. The van der Waals surface area contributed by atoms with Gasteiger partial charge in [-0.1, -0.05) is 5.16 Å². The van der Waals surface area contributed by atoms with Crippen LogP contribution in [-0.2, 0) is 11.2 Å². The van der Waals surface area contributed by atoms with Crippen molar-refractivity contribution in [1.82, 2.24) is 20.7 Å². The van der Waals surface area contributed by atoms with Crippen LogP contribution in [0.4, 0.5) is 0 Å². The van der Waals surface area contributed by atoms with Gasteiger partial charge >= 0.3 is 0 Å². The average molecular weight is 382 g/mol. The fourth-order valence-corrected chi connectivity index (χ4v) is 3.32. The molecule has 3 heterocycles. The molecule has 0 saturated carbocycles. The van der Waals surface area contributed by atoms with Crippen LogP contribution in [0.15, 0.2) is 40.9 Å². The van der Waals surface area contributed by atoms with Gasteiger partial charge in [-0.05, 0) is 37.3 Å². The number of rotatable bonds is 6. The van der Waals surface area contributed by atoms with Crippen LogP contribution in [0, 0.1) is 12.8 Å². The van der Waals surface area contributed by atoms with Crippen molar-refractivity contribution >= 4 is 5.91 Å². The van der Waals surface area contributed by atoms with E-state index in [0.29, 0.717) is 31.0 Å². The number of benzene rings is 1. The van der Waals surface area contributed by atoms with Gasteiger partial charge in [-0.15, -0.1) is 0 Å².